The third-order valence-electron chi connectivity index (χ3n) is 8.54. The Morgan fingerprint density at radius 1 is 1.18 bits per heavy atom. The van der Waals surface area contributed by atoms with E-state index in [2.05, 4.69) is 20.6 Å². The van der Waals surface area contributed by atoms with Crippen LogP contribution >= 0.6 is 11.3 Å². The summed E-state index contributed by atoms with van der Waals surface area (Å²) in [6.45, 7) is 4.50. The standard InChI is InChI=1S/C28H31F5N6O5S/c1-26(2,3)20(38-25(44)28(31,32)33)24(43)39-13-9-14(27(29,30)10-13)18(39)22(42)36-15(8-12-4-7-35-21(12)41)19(40)23-37-16-11-34-6-5-17(16)45-23/h5-6,11-15,18,20H,4,7-10H2,1-3H3,(H,35,41)(H,36,42)(H,38,44)/t12-,13-,14-,15-,18-,20+/m0/s1. The zero-order valence-electron chi connectivity index (χ0n) is 24.4. The van der Waals surface area contributed by atoms with Crippen LogP contribution in [0.2, 0.25) is 0 Å². The van der Waals surface area contributed by atoms with E-state index >= 15 is 8.78 Å². The topological polar surface area (TPSA) is 150 Å². The van der Waals surface area contributed by atoms with Gasteiger partial charge >= 0.3 is 12.1 Å². The number of fused-ring (bicyclic) bond motifs is 3. The van der Waals surface area contributed by atoms with E-state index in [9.17, 15) is 37.1 Å². The fourth-order valence-electron chi connectivity index (χ4n) is 6.32. The lowest BCUT2D eigenvalue weighted by Crippen LogP contribution is -2.64. The van der Waals surface area contributed by atoms with Crippen molar-refractivity contribution >= 4 is 51.0 Å². The molecule has 45 heavy (non-hydrogen) atoms. The predicted octanol–water partition coefficient (Wildman–Crippen LogP) is 2.60. The van der Waals surface area contributed by atoms with Crippen LogP contribution in [0.3, 0.4) is 0 Å². The second kappa shape index (κ2) is 11.6. The van der Waals surface area contributed by atoms with Gasteiger partial charge in [0.25, 0.3) is 5.92 Å². The molecule has 3 N–H and O–H groups in total. The molecule has 6 atom stereocenters. The van der Waals surface area contributed by atoms with Crippen molar-refractivity contribution in [2.75, 3.05) is 6.54 Å². The van der Waals surface area contributed by atoms with E-state index in [1.807, 2.05) is 0 Å². The molecule has 244 valence electrons. The predicted molar refractivity (Wildman–Crippen MR) is 149 cm³/mol. The summed E-state index contributed by atoms with van der Waals surface area (Å²) in [5.74, 6) is -11.4. The number of piperidine rings is 1. The maximum Gasteiger partial charge on any atom is 0.471 e. The molecule has 4 heterocycles. The van der Waals surface area contributed by atoms with Crippen molar-refractivity contribution in [1.29, 1.82) is 0 Å². The summed E-state index contributed by atoms with van der Waals surface area (Å²) in [6.07, 6.45) is -3.34. The zero-order valence-corrected chi connectivity index (χ0v) is 25.2. The average Bonchev–Trinajstić information content (AvgIpc) is 3.70. The molecule has 0 aromatic carbocycles. The number of nitrogens with one attached hydrogen (secondary N) is 3. The number of thiazole rings is 1. The molecule has 1 saturated carbocycles. The maximum atomic E-state index is 15.1. The molecule has 2 aliphatic heterocycles. The molecular weight excluding hydrogens is 627 g/mol. The van der Waals surface area contributed by atoms with Crippen molar-refractivity contribution in [3.63, 3.8) is 0 Å². The lowest BCUT2D eigenvalue weighted by Gasteiger charge is -2.42. The van der Waals surface area contributed by atoms with E-state index in [4.69, 9.17) is 0 Å². The molecule has 2 aromatic heterocycles. The third-order valence-corrected chi connectivity index (χ3v) is 9.59. The summed E-state index contributed by atoms with van der Waals surface area (Å²) in [5, 5.41) is 6.78. The van der Waals surface area contributed by atoms with Gasteiger partial charge in [-0.25, -0.2) is 13.8 Å². The quantitative estimate of drug-likeness (QED) is 0.292. The van der Waals surface area contributed by atoms with Crippen molar-refractivity contribution in [2.24, 2.45) is 17.3 Å². The fraction of sp³-hybridized carbons (Fsp3) is 0.607. The Bertz CT molecular complexity index is 1510. The number of carbonyl (C=O) groups is 5. The number of halogens is 5. The Hall–Kier alpha value is -3.76. The Labute approximate surface area is 257 Å². The van der Waals surface area contributed by atoms with Crippen LogP contribution in [0.15, 0.2) is 18.5 Å². The number of rotatable bonds is 8. The van der Waals surface area contributed by atoms with Crippen molar-refractivity contribution in [3.05, 3.63) is 23.5 Å². The van der Waals surface area contributed by atoms with Crippen LogP contribution in [0.5, 0.6) is 0 Å². The van der Waals surface area contributed by atoms with E-state index in [0.29, 0.717) is 23.2 Å². The molecule has 3 fully saturated rings. The molecule has 2 aromatic rings. The minimum Gasteiger partial charge on any atom is -0.356 e. The number of alkyl halides is 5. The summed E-state index contributed by atoms with van der Waals surface area (Å²) >= 11 is 1.01. The van der Waals surface area contributed by atoms with Gasteiger partial charge in [-0.3, -0.25) is 29.0 Å². The van der Waals surface area contributed by atoms with Gasteiger partial charge in [0.15, 0.2) is 5.01 Å². The Kier molecular flexibility index (Phi) is 8.38. The SMILES string of the molecule is CC(C)(C)[C@H](NC(=O)C(F)(F)F)C(=O)N1[C@H]2C[C@@H]([C@H]1C(=O)N[C@@H](C[C@@H]1CCNC1=O)C(=O)c1nc3cnccc3s1)C(F)(F)C2. The van der Waals surface area contributed by atoms with Gasteiger partial charge in [-0.1, -0.05) is 20.8 Å². The summed E-state index contributed by atoms with van der Waals surface area (Å²) < 4.78 is 70.2. The molecule has 0 spiro atoms. The van der Waals surface area contributed by atoms with Crippen LogP contribution in [0.1, 0.15) is 56.3 Å². The van der Waals surface area contributed by atoms with Crippen LogP contribution in [-0.2, 0) is 19.2 Å². The van der Waals surface area contributed by atoms with Gasteiger partial charge in [0.05, 0.1) is 22.9 Å². The van der Waals surface area contributed by atoms with Crippen LogP contribution < -0.4 is 16.0 Å². The maximum absolute atomic E-state index is 15.1. The second-order valence-corrected chi connectivity index (χ2v) is 13.8. The minimum absolute atomic E-state index is 0.0180. The van der Waals surface area contributed by atoms with Crippen molar-refractivity contribution in [3.8, 4) is 0 Å². The smallest absolute Gasteiger partial charge is 0.356 e. The molecule has 5 rings (SSSR count). The van der Waals surface area contributed by atoms with Gasteiger partial charge in [0, 0.05) is 31.1 Å². The van der Waals surface area contributed by atoms with Crippen molar-refractivity contribution in [2.45, 2.75) is 82.7 Å². The van der Waals surface area contributed by atoms with E-state index in [0.717, 1.165) is 16.2 Å². The van der Waals surface area contributed by atoms with E-state index < -0.39 is 83.4 Å². The molecule has 1 aliphatic carbocycles. The van der Waals surface area contributed by atoms with Gasteiger partial charge in [-0.05, 0) is 30.7 Å². The van der Waals surface area contributed by atoms with E-state index in [1.54, 1.807) is 11.4 Å². The van der Waals surface area contributed by atoms with Gasteiger partial charge in [0.1, 0.15) is 17.6 Å². The number of nitrogens with zero attached hydrogens (tertiary/aromatic N) is 3. The number of pyridine rings is 1. The molecule has 4 amide bonds. The highest BCUT2D eigenvalue weighted by molar-refractivity contribution is 7.20. The number of ketones is 1. The Morgan fingerprint density at radius 2 is 1.89 bits per heavy atom. The van der Waals surface area contributed by atoms with Gasteiger partial charge in [0.2, 0.25) is 23.5 Å². The lowest BCUT2D eigenvalue weighted by molar-refractivity contribution is -0.177. The molecule has 2 saturated heterocycles. The van der Waals surface area contributed by atoms with Gasteiger partial charge in [-0.15, -0.1) is 11.3 Å². The lowest BCUT2D eigenvalue weighted by atomic mass is 9.84. The highest BCUT2D eigenvalue weighted by atomic mass is 32.1. The molecule has 3 aliphatic rings. The van der Waals surface area contributed by atoms with Gasteiger partial charge < -0.3 is 20.9 Å². The number of amides is 4. The number of Topliss-reactive ketones (excluding diaryl/α,β-unsaturated/α-hetero) is 1. The minimum atomic E-state index is -5.32. The summed E-state index contributed by atoms with van der Waals surface area (Å²) in [5.41, 5.74) is -0.896. The van der Waals surface area contributed by atoms with Crippen molar-refractivity contribution < 1.29 is 45.9 Å². The first-order chi connectivity index (χ1) is 20.9. The number of hydrogen-bond acceptors (Lipinski definition) is 8. The molecule has 11 nitrogen and oxygen atoms in total. The Balaban J connectivity index is 1.46. The monoisotopic (exact) mass is 658 g/mol. The number of likely N-dealkylation sites (tertiary alicyclic amines) is 1. The summed E-state index contributed by atoms with van der Waals surface area (Å²) in [7, 11) is 0. The first-order valence-electron chi connectivity index (χ1n) is 14.3. The van der Waals surface area contributed by atoms with Gasteiger partial charge in [-0.2, -0.15) is 13.2 Å². The van der Waals surface area contributed by atoms with Crippen LogP contribution in [0.4, 0.5) is 22.0 Å². The average molecular weight is 659 g/mol. The Morgan fingerprint density at radius 3 is 2.49 bits per heavy atom. The summed E-state index contributed by atoms with van der Waals surface area (Å²) in [4.78, 5) is 74.7. The van der Waals surface area contributed by atoms with Crippen molar-refractivity contribution in [1.82, 2.24) is 30.8 Å². The second-order valence-electron chi connectivity index (χ2n) is 12.7. The number of aromatic nitrogens is 2. The largest absolute Gasteiger partial charge is 0.471 e. The number of hydrogen-bond donors (Lipinski definition) is 3. The molecule has 17 heteroatoms. The third kappa shape index (κ3) is 6.35. The first kappa shape index (κ1) is 32.6. The molecule has 0 radical (unpaired) electrons. The highest BCUT2D eigenvalue weighted by Gasteiger charge is 2.65. The zero-order chi connectivity index (χ0) is 33.1. The number of carbonyl (C=O) groups excluding carboxylic acids is 5. The highest BCUT2D eigenvalue weighted by Crippen LogP contribution is 2.52. The van der Waals surface area contributed by atoms with E-state index in [-0.39, 0.29) is 23.8 Å². The molecule has 2 bridgehead atoms. The van der Waals surface area contributed by atoms with Crippen LogP contribution in [0, 0.1) is 17.3 Å². The first-order valence-corrected chi connectivity index (χ1v) is 15.1. The van der Waals surface area contributed by atoms with E-state index in [1.165, 1.54) is 33.2 Å². The van der Waals surface area contributed by atoms with Crippen LogP contribution in [0.25, 0.3) is 10.2 Å². The normalized spacial score (nSPS) is 25.6. The molecular formula is C28H31F5N6O5S. The molecule has 0 unspecified atom stereocenters. The summed E-state index contributed by atoms with van der Waals surface area (Å²) in [6, 6.07) is -4.64. The fourth-order valence-corrected chi connectivity index (χ4v) is 7.25. The van der Waals surface area contributed by atoms with Crippen LogP contribution in [-0.4, -0.2) is 87.1 Å².